The molecule has 0 saturated carbocycles. The van der Waals surface area contributed by atoms with Crippen molar-refractivity contribution in [3.63, 3.8) is 0 Å². The number of pyridine rings is 1. The van der Waals surface area contributed by atoms with Crippen molar-refractivity contribution in [3.8, 4) is 28.6 Å². The van der Waals surface area contributed by atoms with Crippen molar-refractivity contribution < 1.29 is 23.5 Å². The Bertz CT molecular complexity index is 1620. The van der Waals surface area contributed by atoms with E-state index >= 15 is 4.39 Å². The van der Waals surface area contributed by atoms with E-state index in [2.05, 4.69) is 20.3 Å². The molecular formula is C34H37FN6O4. The number of nitrogens with one attached hydrogen (secondary N) is 1. The number of aromatic nitrogens is 3. The molecular weight excluding hydrogens is 575 g/mol. The van der Waals surface area contributed by atoms with Gasteiger partial charge in [-0.15, -0.1) is 0 Å². The monoisotopic (exact) mass is 612 g/mol. The lowest BCUT2D eigenvalue weighted by Crippen LogP contribution is -2.64. The lowest BCUT2D eigenvalue weighted by molar-refractivity contribution is -0.150. The molecule has 2 aromatic carbocycles. The number of nitrogens with zero attached hydrogens (tertiary/aromatic N) is 5. The van der Waals surface area contributed by atoms with Crippen LogP contribution < -0.4 is 14.8 Å². The lowest BCUT2D eigenvalue weighted by Gasteiger charge is -2.45. The number of methoxy groups -OCH3 is 1. The Morgan fingerprint density at radius 2 is 1.73 bits per heavy atom. The summed E-state index contributed by atoms with van der Waals surface area (Å²) in [5.41, 5.74) is 2.10. The summed E-state index contributed by atoms with van der Waals surface area (Å²) in [6.45, 7) is 6.69. The van der Waals surface area contributed by atoms with Crippen LogP contribution in [-0.2, 0) is 22.7 Å². The van der Waals surface area contributed by atoms with Crippen molar-refractivity contribution in [2.75, 3.05) is 20.2 Å². The van der Waals surface area contributed by atoms with Crippen LogP contribution in [0.1, 0.15) is 31.9 Å². The smallest absolute Gasteiger partial charge is 0.244 e. The van der Waals surface area contributed by atoms with Crippen LogP contribution in [0.4, 0.5) is 4.39 Å². The number of rotatable bonds is 10. The summed E-state index contributed by atoms with van der Waals surface area (Å²) in [7, 11) is 1.52. The first-order chi connectivity index (χ1) is 21.7. The number of halogens is 1. The van der Waals surface area contributed by atoms with E-state index in [0.717, 1.165) is 11.1 Å². The van der Waals surface area contributed by atoms with Crippen molar-refractivity contribution in [2.24, 2.45) is 5.92 Å². The second-order valence-corrected chi connectivity index (χ2v) is 11.3. The number of piperazine rings is 1. The third kappa shape index (κ3) is 7.43. The van der Waals surface area contributed by atoms with Crippen molar-refractivity contribution in [3.05, 3.63) is 96.3 Å². The maximum atomic E-state index is 15.3. The standard InChI is InChI=1S/C34H37FN6O4/c1-22(2)34(43)41-23(3)19-40(20-26-27(35)7-5-8-29(26)45-31-18-36-16-13-30(31)44-4)21-28(41)33(42)39-17-24-9-11-25(12-10-24)32-37-14-6-15-38-32/h5-16,18,22-23,28H,17,19-21H2,1-4H3,(H,39,42)/t23-,28-/m1/s1. The Kier molecular flexibility index (Phi) is 9.99. The number of amides is 2. The molecule has 3 heterocycles. The maximum absolute atomic E-state index is 15.3. The van der Waals surface area contributed by atoms with Crippen LogP contribution in [0.5, 0.6) is 17.2 Å². The topological polar surface area (TPSA) is 110 Å². The molecule has 0 unspecified atom stereocenters. The second kappa shape index (κ2) is 14.3. The number of hydrogen-bond donors (Lipinski definition) is 1. The second-order valence-electron chi connectivity index (χ2n) is 11.3. The Labute approximate surface area is 262 Å². The molecule has 1 aliphatic heterocycles. The zero-order valence-electron chi connectivity index (χ0n) is 25.8. The van der Waals surface area contributed by atoms with Gasteiger partial charge in [0.05, 0.1) is 13.3 Å². The Morgan fingerprint density at radius 1 is 0.978 bits per heavy atom. The van der Waals surface area contributed by atoms with E-state index in [1.54, 1.807) is 47.8 Å². The molecule has 0 bridgehead atoms. The largest absolute Gasteiger partial charge is 0.493 e. The van der Waals surface area contributed by atoms with Crippen LogP contribution in [0.15, 0.2) is 79.4 Å². The first-order valence-electron chi connectivity index (χ1n) is 14.9. The van der Waals surface area contributed by atoms with Gasteiger partial charge in [0, 0.05) is 73.9 Å². The molecule has 5 rings (SSSR count). The highest BCUT2D eigenvalue weighted by Crippen LogP contribution is 2.34. The molecule has 0 spiro atoms. The number of ether oxygens (including phenoxy) is 2. The van der Waals surface area contributed by atoms with E-state index in [-0.39, 0.29) is 43.4 Å². The van der Waals surface area contributed by atoms with Gasteiger partial charge in [-0.2, -0.15) is 0 Å². The average Bonchev–Trinajstić information content (AvgIpc) is 3.05. The normalized spacial score (nSPS) is 16.8. The summed E-state index contributed by atoms with van der Waals surface area (Å²) in [6, 6.07) is 14.7. The first-order valence-corrected chi connectivity index (χ1v) is 14.9. The van der Waals surface area contributed by atoms with Gasteiger partial charge in [-0.3, -0.25) is 19.5 Å². The summed E-state index contributed by atoms with van der Waals surface area (Å²) < 4.78 is 26.7. The van der Waals surface area contributed by atoms with Gasteiger partial charge in [-0.05, 0) is 30.7 Å². The molecule has 2 atom stereocenters. The predicted molar refractivity (Wildman–Crippen MR) is 167 cm³/mol. The summed E-state index contributed by atoms with van der Waals surface area (Å²) in [5, 5.41) is 3.01. The summed E-state index contributed by atoms with van der Waals surface area (Å²) in [5.74, 6) is 0.658. The van der Waals surface area contributed by atoms with Gasteiger partial charge in [0.25, 0.3) is 0 Å². The van der Waals surface area contributed by atoms with E-state index in [4.69, 9.17) is 9.47 Å². The molecule has 2 amide bonds. The molecule has 0 radical (unpaired) electrons. The molecule has 4 aromatic rings. The summed E-state index contributed by atoms with van der Waals surface area (Å²) in [4.78, 5) is 43.3. The summed E-state index contributed by atoms with van der Waals surface area (Å²) in [6.07, 6.45) is 6.47. The number of carbonyl (C=O) groups excluding carboxylic acids is 2. The van der Waals surface area contributed by atoms with Crippen molar-refractivity contribution in [2.45, 2.75) is 45.9 Å². The van der Waals surface area contributed by atoms with E-state index in [1.165, 1.54) is 19.4 Å². The number of carbonyl (C=O) groups is 2. The molecule has 0 aliphatic carbocycles. The van der Waals surface area contributed by atoms with Crippen molar-refractivity contribution >= 4 is 11.8 Å². The molecule has 45 heavy (non-hydrogen) atoms. The van der Waals surface area contributed by atoms with Gasteiger partial charge in [0.15, 0.2) is 17.3 Å². The predicted octanol–water partition coefficient (Wildman–Crippen LogP) is 4.85. The molecule has 2 aromatic heterocycles. The molecule has 1 N–H and O–H groups in total. The minimum atomic E-state index is -0.768. The highest BCUT2D eigenvalue weighted by molar-refractivity contribution is 5.89. The molecule has 1 fully saturated rings. The number of benzene rings is 2. The fourth-order valence-electron chi connectivity index (χ4n) is 5.45. The molecule has 1 saturated heterocycles. The first kappa shape index (κ1) is 31.5. The fraction of sp³-hybridized carbons (Fsp3) is 0.324. The number of hydrogen-bond acceptors (Lipinski definition) is 8. The SMILES string of the molecule is COc1ccncc1Oc1cccc(F)c1CN1C[C@@H](C)N(C(=O)C(C)C)[C@@H](C(=O)NCc2ccc(-c3ncccn3)cc2)C1. The van der Waals surface area contributed by atoms with Crippen LogP contribution in [-0.4, -0.2) is 68.8 Å². The Hall–Kier alpha value is -4.90. The van der Waals surface area contributed by atoms with E-state index < -0.39 is 11.9 Å². The van der Waals surface area contributed by atoms with Gasteiger partial charge >= 0.3 is 0 Å². The third-order valence-electron chi connectivity index (χ3n) is 7.70. The van der Waals surface area contributed by atoms with Crippen LogP contribution in [0.3, 0.4) is 0 Å². The van der Waals surface area contributed by atoms with Gasteiger partial charge in [0.2, 0.25) is 11.8 Å². The summed E-state index contributed by atoms with van der Waals surface area (Å²) >= 11 is 0. The maximum Gasteiger partial charge on any atom is 0.244 e. The zero-order valence-corrected chi connectivity index (χ0v) is 25.8. The fourth-order valence-corrected chi connectivity index (χ4v) is 5.45. The Balaban J connectivity index is 1.33. The van der Waals surface area contributed by atoms with E-state index in [1.807, 2.05) is 49.9 Å². The van der Waals surface area contributed by atoms with Crippen LogP contribution >= 0.6 is 0 Å². The van der Waals surface area contributed by atoms with E-state index in [9.17, 15) is 9.59 Å². The minimum absolute atomic E-state index is 0.104. The van der Waals surface area contributed by atoms with Crippen LogP contribution in [0.25, 0.3) is 11.4 Å². The average molecular weight is 613 g/mol. The zero-order chi connectivity index (χ0) is 31.9. The van der Waals surface area contributed by atoms with Gasteiger partial charge in [-0.1, -0.05) is 44.2 Å². The van der Waals surface area contributed by atoms with Crippen molar-refractivity contribution in [1.29, 1.82) is 0 Å². The lowest BCUT2D eigenvalue weighted by atomic mass is 10.0. The van der Waals surface area contributed by atoms with Crippen molar-refractivity contribution in [1.82, 2.24) is 30.1 Å². The molecule has 1 aliphatic rings. The highest BCUT2D eigenvalue weighted by Gasteiger charge is 2.40. The molecule has 234 valence electrons. The van der Waals surface area contributed by atoms with E-state index in [0.29, 0.717) is 35.2 Å². The quantitative estimate of drug-likeness (QED) is 0.271. The van der Waals surface area contributed by atoms with Gasteiger partial charge < -0.3 is 19.7 Å². The van der Waals surface area contributed by atoms with Gasteiger partial charge in [-0.25, -0.2) is 14.4 Å². The molecule has 10 nitrogen and oxygen atoms in total. The van der Waals surface area contributed by atoms with Crippen LogP contribution in [0.2, 0.25) is 0 Å². The molecule has 11 heteroatoms. The highest BCUT2D eigenvalue weighted by atomic mass is 19.1. The Morgan fingerprint density at radius 3 is 2.44 bits per heavy atom. The third-order valence-corrected chi connectivity index (χ3v) is 7.70. The van der Waals surface area contributed by atoms with Crippen LogP contribution in [0, 0.1) is 11.7 Å². The minimum Gasteiger partial charge on any atom is -0.493 e. The van der Waals surface area contributed by atoms with Gasteiger partial charge in [0.1, 0.15) is 17.6 Å².